The van der Waals surface area contributed by atoms with E-state index in [1.54, 1.807) is 0 Å². The van der Waals surface area contributed by atoms with Crippen LogP contribution in [0.2, 0.25) is 0 Å². The lowest BCUT2D eigenvalue weighted by atomic mass is 10.1. The first-order valence-corrected chi connectivity index (χ1v) is 14.6. The van der Waals surface area contributed by atoms with Crippen LogP contribution in [0.3, 0.4) is 0 Å². The molecule has 0 heterocycles. The molecule has 0 aliphatic carbocycles. The summed E-state index contributed by atoms with van der Waals surface area (Å²) < 4.78 is 2.39. The zero-order valence-corrected chi connectivity index (χ0v) is 23.5. The predicted molar refractivity (Wildman–Crippen MR) is 179 cm³/mol. The maximum Gasteiger partial charge on any atom is 0.0706 e. The third kappa shape index (κ3) is 6.75. The van der Waals surface area contributed by atoms with Crippen molar-refractivity contribution in [2.75, 3.05) is 20.6 Å². The third-order valence-electron chi connectivity index (χ3n) is 6.56. The average Bonchev–Trinajstić information content (AvgIpc) is 3.04. The molecular formula is C36H31N4P. The molecule has 1 unspecified atom stereocenters. The summed E-state index contributed by atoms with van der Waals surface area (Å²) in [5.74, 6) is 0. The van der Waals surface area contributed by atoms with Crippen LogP contribution >= 0.6 is 8.73 Å². The summed E-state index contributed by atoms with van der Waals surface area (Å²) in [6, 6.07) is 56.6. The Kier molecular flexibility index (Phi) is 8.22. The summed E-state index contributed by atoms with van der Waals surface area (Å²) in [5, 5.41) is 12.3. The van der Waals surface area contributed by atoms with Gasteiger partial charge in [-0.3, -0.25) is 0 Å². The number of anilines is 8. The Morgan fingerprint density at radius 3 is 1.27 bits per heavy atom. The highest BCUT2D eigenvalue weighted by atomic mass is 31.1. The van der Waals surface area contributed by atoms with Crippen LogP contribution in [-0.2, 0) is 0 Å². The molecule has 6 rings (SSSR count). The van der Waals surface area contributed by atoms with E-state index in [1.165, 1.54) is 5.30 Å². The van der Waals surface area contributed by atoms with Gasteiger partial charge < -0.3 is 20.6 Å². The minimum absolute atomic E-state index is 0.387. The van der Waals surface area contributed by atoms with E-state index in [0.717, 1.165) is 45.5 Å². The molecule has 0 spiro atoms. The number of para-hydroxylation sites is 4. The van der Waals surface area contributed by atoms with E-state index in [2.05, 4.69) is 142 Å². The van der Waals surface area contributed by atoms with Crippen LogP contribution < -0.4 is 25.9 Å². The lowest BCUT2D eigenvalue weighted by Crippen LogP contribution is -2.13. The van der Waals surface area contributed by atoms with Gasteiger partial charge in [0, 0.05) is 31.5 Å². The van der Waals surface area contributed by atoms with Crippen molar-refractivity contribution < 1.29 is 0 Å². The van der Waals surface area contributed by atoms with Gasteiger partial charge in [-0.2, -0.15) is 0 Å². The second-order valence-electron chi connectivity index (χ2n) is 9.54. The van der Waals surface area contributed by atoms with Gasteiger partial charge in [-0.1, -0.05) is 103 Å². The molecule has 0 fully saturated rings. The van der Waals surface area contributed by atoms with E-state index >= 15 is 0 Å². The molecule has 5 heteroatoms. The zero-order chi connectivity index (χ0) is 27.7. The molecule has 0 saturated heterocycles. The Labute approximate surface area is 243 Å². The maximum absolute atomic E-state index is 3.72. The van der Waals surface area contributed by atoms with Crippen molar-refractivity contribution in [3.8, 4) is 0 Å². The number of benzene rings is 6. The molecule has 6 aromatic carbocycles. The first-order chi connectivity index (χ1) is 20.3. The number of nitrogens with zero attached hydrogens (tertiary/aromatic N) is 1. The summed E-state index contributed by atoms with van der Waals surface area (Å²) >= 11 is 0. The Morgan fingerprint density at radius 1 is 0.390 bits per heavy atom. The highest BCUT2D eigenvalue weighted by molar-refractivity contribution is 7.49. The van der Waals surface area contributed by atoms with Crippen LogP contribution in [0, 0.1) is 0 Å². The molecule has 4 nitrogen and oxygen atoms in total. The van der Waals surface area contributed by atoms with E-state index < -0.39 is 0 Å². The van der Waals surface area contributed by atoms with Gasteiger partial charge in [0.1, 0.15) is 0 Å². The van der Waals surface area contributed by atoms with Crippen LogP contribution in [-0.4, -0.2) is 0 Å². The Morgan fingerprint density at radius 2 is 0.780 bits per heavy atom. The fraction of sp³-hybridized carbons (Fsp3) is 0. The fourth-order valence-electron chi connectivity index (χ4n) is 4.59. The van der Waals surface area contributed by atoms with Crippen LogP contribution in [0.25, 0.3) is 0 Å². The van der Waals surface area contributed by atoms with Gasteiger partial charge in [0.25, 0.3) is 0 Å². The number of nitrogens with one attached hydrogen (secondary N) is 3. The molecule has 6 aromatic rings. The third-order valence-corrected chi connectivity index (χ3v) is 7.88. The molecular weight excluding hydrogens is 519 g/mol. The van der Waals surface area contributed by atoms with Gasteiger partial charge in [-0.05, 0) is 66.0 Å². The average molecular weight is 551 g/mol. The quantitative estimate of drug-likeness (QED) is 0.148. The van der Waals surface area contributed by atoms with Gasteiger partial charge in [0.2, 0.25) is 0 Å². The van der Waals surface area contributed by atoms with Crippen molar-refractivity contribution in [1.82, 2.24) is 0 Å². The number of hydrogen-bond donors (Lipinski definition) is 3. The van der Waals surface area contributed by atoms with Crippen molar-refractivity contribution in [3.05, 3.63) is 164 Å². The minimum atomic E-state index is 0.387. The minimum Gasteiger partial charge on any atom is -0.354 e. The SMILES string of the molecule is c1ccc(Nc2cc(Nc3ccccc3)c(N(Pc3ccccc3)c3ccccc3)cc2Nc2ccccc2)cc1. The molecule has 1 atom stereocenters. The van der Waals surface area contributed by atoms with E-state index in [1.807, 2.05) is 42.5 Å². The first-order valence-electron chi connectivity index (χ1n) is 13.6. The van der Waals surface area contributed by atoms with Crippen LogP contribution in [0.4, 0.5) is 45.5 Å². The predicted octanol–water partition coefficient (Wildman–Crippen LogP) is 9.97. The second kappa shape index (κ2) is 12.9. The Hall–Kier alpha value is -5.05. The molecule has 0 amide bonds. The lowest BCUT2D eigenvalue weighted by Gasteiger charge is -2.29. The summed E-state index contributed by atoms with van der Waals surface area (Å²) in [4.78, 5) is 0. The Balaban J connectivity index is 1.53. The van der Waals surface area contributed by atoms with Crippen LogP contribution in [0.5, 0.6) is 0 Å². The molecule has 0 aliphatic heterocycles. The summed E-state index contributed by atoms with van der Waals surface area (Å²) in [5.41, 5.74) is 8.22. The zero-order valence-electron chi connectivity index (χ0n) is 22.5. The van der Waals surface area contributed by atoms with E-state index in [4.69, 9.17) is 0 Å². The fourth-order valence-corrected chi connectivity index (χ4v) is 5.78. The van der Waals surface area contributed by atoms with Crippen LogP contribution in [0.1, 0.15) is 0 Å². The normalized spacial score (nSPS) is 10.8. The molecule has 3 N–H and O–H groups in total. The van der Waals surface area contributed by atoms with Crippen molar-refractivity contribution >= 4 is 59.5 Å². The summed E-state index contributed by atoms with van der Waals surface area (Å²) in [6.07, 6.45) is 0. The highest BCUT2D eigenvalue weighted by Gasteiger charge is 2.19. The molecule has 200 valence electrons. The standard InChI is InChI=1S/C36H31N4P/c1-6-16-28(17-7-1)37-33-26-35(39-30-20-10-3-11-21-30)36(27-34(33)38-29-18-8-2-9-19-29)40(31-22-12-4-13-23-31)41-32-24-14-5-15-25-32/h1-27,37-39,41H. The van der Waals surface area contributed by atoms with Crippen LogP contribution in [0.15, 0.2) is 164 Å². The topological polar surface area (TPSA) is 39.3 Å². The lowest BCUT2D eigenvalue weighted by molar-refractivity contribution is 1.40. The smallest absolute Gasteiger partial charge is 0.0706 e. The molecule has 0 radical (unpaired) electrons. The largest absolute Gasteiger partial charge is 0.354 e. The van der Waals surface area contributed by atoms with Gasteiger partial charge in [-0.15, -0.1) is 0 Å². The molecule has 0 aromatic heterocycles. The van der Waals surface area contributed by atoms with Gasteiger partial charge in [-0.25, -0.2) is 0 Å². The summed E-state index contributed by atoms with van der Waals surface area (Å²) in [6.45, 7) is 0. The number of rotatable bonds is 10. The second-order valence-corrected chi connectivity index (χ2v) is 10.8. The van der Waals surface area contributed by atoms with Crippen molar-refractivity contribution in [2.45, 2.75) is 0 Å². The van der Waals surface area contributed by atoms with Gasteiger partial charge >= 0.3 is 0 Å². The van der Waals surface area contributed by atoms with Gasteiger partial charge in [0.05, 0.1) is 22.7 Å². The monoisotopic (exact) mass is 550 g/mol. The highest BCUT2D eigenvalue weighted by Crippen LogP contribution is 2.46. The van der Waals surface area contributed by atoms with Gasteiger partial charge in [0.15, 0.2) is 0 Å². The summed E-state index contributed by atoms with van der Waals surface area (Å²) in [7, 11) is 0.387. The van der Waals surface area contributed by atoms with Crippen molar-refractivity contribution in [2.24, 2.45) is 0 Å². The van der Waals surface area contributed by atoms with E-state index in [0.29, 0.717) is 8.73 Å². The van der Waals surface area contributed by atoms with E-state index in [-0.39, 0.29) is 0 Å². The first kappa shape index (κ1) is 26.2. The molecule has 0 aliphatic rings. The maximum atomic E-state index is 3.72. The van der Waals surface area contributed by atoms with Crippen molar-refractivity contribution in [1.29, 1.82) is 0 Å². The molecule has 0 saturated carbocycles. The molecule has 41 heavy (non-hydrogen) atoms. The van der Waals surface area contributed by atoms with Crippen molar-refractivity contribution in [3.63, 3.8) is 0 Å². The number of hydrogen-bond acceptors (Lipinski definition) is 4. The van der Waals surface area contributed by atoms with E-state index in [9.17, 15) is 0 Å². The molecule has 0 bridgehead atoms. The Bertz CT molecular complexity index is 1660.